The Balaban J connectivity index is 1.39. The van der Waals surface area contributed by atoms with Crippen molar-refractivity contribution in [3.63, 3.8) is 0 Å². The van der Waals surface area contributed by atoms with Crippen LogP contribution in [0.1, 0.15) is 30.4 Å². The van der Waals surface area contributed by atoms with Gasteiger partial charge in [0, 0.05) is 6.42 Å². The molecule has 0 amide bonds. The lowest BCUT2D eigenvalue weighted by Crippen LogP contribution is -2.06. The molecule has 3 rings (SSSR count). The highest BCUT2D eigenvalue weighted by Gasteiger charge is 2.09. The van der Waals surface area contributed by atoms with Gasteiger partial charge in [-0.2, -0.15) is 0 Å². The molecule has 0 bridgehead atoms. The van der Waals surface area contributed by atoms with E-state index in [1.165, 1.54) is 36.8 Å². The molecule has 23 heavy (non-hydrogen) atoms. The molecule has 0 atom stereocenters. The molecule has 0 saturated heterocycles. The van der Waals surface area contributed by atoms with Crippen LogP contribution in [0.5, 0.6) is 17.2 Å². The molecule has 1 aliphatic carbocycles. The zero-order chi connectivity index (χ0) is 15.9. The van der Waals surface area contributed by atoms with Crippen molar-refractivity contribution < 1.29 is 14.2 Å². The number of rotatable bonds is 7. The molecule has 0 aliphatic heterocycles. The first-order valence-electron chi connectivity index (χ1n) is 8.36. The molecule has 0 fully saturated rings. The Kier molecular flexibility index (Phi) is 5.41. The van der Waals surface area contributed by atoms with Gasteiger partial charge in [-0.3, -0.25) is 0 Å². The maximum Gasteiger partial charge on any atom is 0.119 e. The van der Waals surface area contributed by atoms with Crippen LogP contribution >= 0.6 is 0 Å². The molecule has 3 heteroatoms. The number of hydrogen-bond donors (Lipinski definition) is 0. The van der Waals surface area contributed by atoms with Crippen LogP contribution in [-0.2, 0) is 12.8 Å². The number of aryl methyl sites for hydroxylation is 2. The molecule has 0 heterocycles. The summed E-state index contributed by atoms with van der Waals surface area (Å²) in [4.78, 5) is 0. The Hall–Kier alpha value is -2.16. The van der Waals surface area contributed by atoms with E-state index in [4.69, 9.17) is 14.2 Å². The van der Waals surface area contributed by atoms with Crippen LogP contribution in [0.4, 0.5) is 0 Å². The normalized spacial score (nSPS) is 13.3. The van der Waals surface area contributed by atoms with Crippen molar-refractivity contribution in [2.75, 3.05) is 20.3 Å². The molecule has 3 nitrogen and oxygen atoms in total. The lowest BCUT2D eigenvalue weighted by atomic mass is 9.92. The smallest absolute Gasteiger partial charge is 0.119 e. The minimum atomic E-state index is 0.650. The standard InChI is InChI=1S/C20H24O3/c1-21-18-9-11-19(12-10-18)22-13-4-14-23-20-8-7-16-5-2-3-6-17(16)15-20/h7-12,15H,2-6,13-14H2,1H3. The highest BCUT2D eigenvalue weighted by molar-refractivity contribution is 5.37. The van der Waals surface area contributed by atoms with Crippen molar-refractivity contribution in [2.24, 2.45) is 0 Å². The summed E-state index contributed by atoms with van der Waals surface area (Å²) in [6.07, 6.45) is 5.88. The molecule has 0 radical (unpaired) electrons. The predicted molar refractivity (Wildman–Crippen MR) is 91.7 cm³/mol. The molecule has 0 saturated carbocycles. The summed E-state index contributed by atoms with van der Waals surface area (Å²) in [5.74, 6) is 2.68. The minimum Gasteiger partial charge on any atom is -0.497 e. The van der Waals surface area contributed by atoms with Crippen molar-refractivity contribution in [1.29, 1.82) is 0 Å². The van der Waals surface area contributed by atoms with Crippen molar-refractivity contribution in [2.45, 2.75) is 32.1 Å². The minimum absolute atomic E-state index is 0.650. The summed E-state index contributed by atoms with van der Waals surface area (Å²) in [5.41, 5.74) is 2.95. The lowest BCUT2D eigenvalue weighted by molar-refractivity contribution is 0.247. The van der Waals surface area contributed by atoms with Crippen LogP contribution in [-0.4, -0.2) is 20.3 Å². The fourth-order valence-electron chi connectivity index (χ4n) is 2.91. The van der Waals surface area contributed by atoms with Crippen LogP contribution in [0.25, 0.3) is 0 Å². The highest BCUT2D eigenvalue weighted by atomic mass is 16.5. The second-order valence-corrected chi connectivity index (χ2v) is 5.86. The van der Waals surface area contributed by atoms with Gasteiger partial charge in [0.1, 0.15) is 17.2 Å². The van der Waals surface area contributed by atoms with E-state index in [1.54, 1.807) is 7.11 Å². The van der Waals surface area contributed by atoms with Crippen LogP contribution in [0.15, 0.2) is 42.5 Å². The molecule has 1 aliphatic rings. The quantitative estimate of drug-likeness (QED) is 0.708. The molecular weight excluding hydrogens is 288 g/mol. The van der Waals surface area contributed by atoms with Crippen LogP contribution in [0, 0.1) is 0 Å². The van der Waals surface area contributed by atoms with Crippen molar-refractivity contribution in [3.8, 4) is 17.2 Å². The van der Waals surface area contributed by atoms with E-state index in [-0.39, 0.29) is 0 Å². The summed E-state index contributed by atoms with van der Waals surface area (Å²) < 4.78 is 16.7. The Bertz CT molecular complexity index is 619. The molecule has 122 valence electrons. The van der Waals surface area contributed by atoms with E-state index in [2.05, 4.69) is 18.2 Å². The van der Waals surface area contributed by atoms with E-state index in [9.17, 15) is 0 Å². The lowest BCUT2D eigenvalue weighted by Gasteiger charge is -2.16. The van der Waals surface area contributed by atoms with Gasteiger partial charge < -0.3 is 14.2 Å². The molecule has 2 aromatic rings. The number of methoxy groups -OCH3 is 1. The average Bonchev–Trinajstić information content (AvgIpc) is 2.62. The first kappa shape index (κ1) is 15.7. The number of fused-ring (bicyclic) bond motifs is 1. The first-order valence-corrected chi connectivity index (χ1v) is 8.36. The first-order chi connectivity index (χ1) is 11.3. The number of benzene rings is 2. The molecule has 0 aromatic heterocycles. The SMILES string of the molecule is COc1ccc(OCCCOc2ccc3c(c2)CCCC3)cc1. The van der Waals surface area contributed by atoms with E-state index in [1.807, 2.05) is 24.3 Å². The summed E-state index contributed by atoms with van der Waals surface area (Å²) in [6.45, 7) is 1.33. The third kappa shape index (κ3) is 4.41. The van der Waals surface area contributed by atoms with Gasteiger partial charge in [0.25, 0.3) is 0 Å². The van der Waals surface area contributed by atoms with Crippen molar-refractivity contribution in [3.05, 3.63) is 53.6 Å². The van der Waals surface area contributed by atoms with E-state index in [0.29, 0.717) is 13.2 Å². The van der Waals surface area contributed by atoms with Gasteiger partial charge in [-0.25, -0.2) is 0 Å². The largest absolute Gasteiger partial charge is 0.497 e. The maximum atomic E-state index is 5.85. The van der Waals surface area contributed by atoms with Gasteiger partial charge in [-0.05, 0) is 73.2 Å². The van der Waals surface area contributed by atoms with Crippen molar-refractivity contribution in [1.82, 2.24) is 0 Å². The topological polar surface area (TPSA) is 27.7 Å². The highest BCUT2D eigenvalue weighted by Crippen LogP contribution is 2.25. The Morgan fingerprint density at radius 2 is 1.35 bits per heavy atom. The van der Waals surface area contributed by atoms with Gasteiger partial charge in [0.05, 0.1) is 20.3 Å². The third-order valence-corrected chi connectivity index (χ3v) is 4.21. The van der Waals surface area contributed by atoms with Crippen LogP contribution in [0.3, 0.4) is 0 Å². The summed E-state index contributed by atoms with van der Waals surface area (Å²) in [7, 11) is 1.66. The van der Waals surface area contributed by atoms with Crippen molar-refractivity contribution >= 4 is 0 Å². The molecular formula is C20H24O3. The number of hydrogen-bond acceptors (Lipinski definition) is 3. The maximum absolute atomic E-state index is 5.85. The summed E-state index contributed by atoms with van der Waals surface area (Å²) in [5, 5.41) is 0. The second-order valence-electron chi connectivity index (χ2n) is 5.86. The summed E-state index contributed by atoms with van der Waals surface area (Å²) in [6, 6.07) is 14.2. The van der Waals surface area contributed by atoms with Gasteiger partial charge in [-0.15, -0.1) is 0 Å². The van der Waals surface area contributed by atoms with E-state index < -0.39 is 0 Å². The molecule has 0 spiro atoms. The zero-order valence-electron chi connectivity index (χ0n) is 13.7. The van der Waals surface area contributed by atoms with Gasteiger partial charge in [-0.1, -0.05) is 6.07 Å². The molecule has 0 N–H and O–H groups in total. The monoisotopic (exact) mass is 312 g/mol. The fraction of sp³-hybridized carbons (Fsp3) is 0.400. The molecule has 0 unspecified atom stereocenters. The average molecular weight is 312 g/mol. The second kappa shape index (κ2) is 7.91. The Labute approximate surface area is 138 Å². The van der Waals surface area contributed by atoms with E-state index in [0.717, 1.165) is 23.7 Å². The van der Waals surface area contributed by atoms with Crippen LogP contribution < -0.4 is 14.2 Å². The predicted octanol–water partition coefficient (Wildman–Crippen LogP) is 4.42. The number of ether oxygens (including phenoxy) is 3. The third-order valence-electron chi connectivity index (χ3n) is 4.21. The van der Waals surface area contributed by atoms with Gasteiger partial charge in [0.15, 0.2) is 0 Å². The van der Waals surface area contributed by atoms with Crippen LogP contribution in [0.2, 0.25) is 0 Å². The zero-order valence-corrected chi connectivity index (χ0v) is 13.7. The van der Waals surface area contributed by atoms with Gasteiger partial charge >= 0.3 is 0 Å². The molecule has 2 aromatic carbocycles. The summed E-state index contributed by atoms with van der Waals surface area (Å²) >= 11 is 0. The van der Waals surface area contributed by atoms with Gasteiger partial charge in [0.2, 0.25) is 0 Å². The Morgan fingerprint density at radius 1 is 0.739 bits per heavy atom. The fourth-order valence-corrected chi connectivity index (χ4v) is 2.91. The Morgan fingerprint density at radius 3 is 2.09 bits per heavy atom. The van der Waals surface area contributed by atoms with E-state index >= 15 is 0 Å².